The molecule has 0 aliphatic heterocycles. The molecule has 19 heavy (non-hydrogen) atoms. The first kappa shape index (κ1) is 14.4. The second-order valence-corrected chi connectivity index (χ2v) is 6.08. The van der Waals surface area contributed by atoms with Gasteiger partial charge in [0, 0.05) is 10.7 Å². The lowest BCUT2D eigenvalue weighted by Gasteiger charge is -2.45. The third-order valence-electron chi connectivity index (χ3n) is 4.20. The number of hydrogen-bond acceptors (Lipinski definition) is 2. The average Bonchev–Trinajstić information content (AvgIpc) is 2.20. The zero-order chi connectivity index (χ0) is 14.2. The number of rotatable bonds is 3. The minimum absolute atomic E-state index is 0.0947. The van der Waals surface area contributed by atoms with E-state index in [0.29, 0.717) is 5.02 Å². The third kappa shape index (κ3) is 2.49. The van der Waals surface area contributed by atoms with E-state index in [9.17, 15) is 4.79 Å². The highest BCUT2D eigenvalue weighted by Gasteiger charge is 2.46. The molecule has 1 aromatic rings. The highest BCUT2D eigenvalue weighted by Crippen LogP contribution is 2.38. The number of halogens is 1. The molecule has 1 saturated carbocycles. The molecule has 0 bridgehead atoms. The van der Waals surface area contributed by atoms with Crippen LogP contribution in [0.3, 0.4) is 0 Å². The number of anilines is 1. The smallest absolute Gasteiger partial charge is 0.244 e. The highest BCUT2D eigenvalue weighted by atomic mass is 35.5. The van der Waals surface area contributed by atoms with Crippen molar-refractivity contribution in [2.45, 2.75) is 38.6 Å². The Balaban J connectivity index is 2.24. The van der Waals surface area contributed by atoms with Crippen LogP contribution in [0.4, 0.5) is 5.69 Å². The number of hydrogen-bond donors (Lipinski definition) is 1. The summed E-state index contributed by atoms with van der Waals surface area (Å²) in [7, 11) is 3.95. The molecule has 0 unspecified atom stereocenters. The van der Waals surface area contributed by atoms with Crippen LogP contribution in [0.2, 0.25) is 5.02 Å². The van der Waals surface area contributed by atoms with E-state index in [4.69, 9.17) is 11.6 Å². The molecule has 1 N–H and O–H groups in total. The molecule has 1 fully saturated rings. The molecule has 0 radical (unpaired) electrons. The Morgan fingerprint density at radius 2 is 1.79 bits per heavy atom. The van der Waals surface area contributed by atoms with Crippen LogP contribution in [0.1, 0.15) is 30.4 Å². The Bertz CT molecular complexity index is 484. The van der Waals surface area contributed by atoms with E-state index in [2.05, 4.69) is 5.32 Å². The number of carbonyl (C=O) groups is 1. The topological polar surface area (TPSA) is 32.3 Å². The van der Waals surface area contributed by atoms with E-state index in [-0.39, 0.29) is 11.4 Å². The molecule has 1 amide bonds. The van der Waals surface area contributed by atoms with Crippen LogP contribution in [0, 0.1) is 13.8 Å². The van der Waals surface area contributed by atoms with Crippen molar-refractivity contribution in [3.63, 3.8) is 0 Å². The molecule has 3 nitrogen and oxygen atoms in total. The van der Waals surface area contributed by atoms with Crippen LogP contribution < -0.4 is 5.32 Å². The summed E-state index contributed by atoms with van der Waals surface area (Å²) in [5.74, 6) is 0.0947. The average molecular weight is 281 g/mol. The summed E-state index contributed by atoms with van der Waals surface area (Å²) < 4.78 is 0. The lowest BCUT2D eigenvalue weighted by Crippen LogP contribution is -2.58. The Hall–Kier alpha value is -1.06. The van der Waals surface area contributed by atoms with Gasteiger partial charge in [0.1, 0.15) is 5.54 Å². The summed E-state index contributed by atoms with van der Waals surface area (Å²) >= 11 is 6.02. The van der Waals surface area contributed by atoms with Crippen LogP contribution in [-0.4, -0.2) is 30.4 Å². The molecule has 0 heterocycles. The van der Waals surface area contributed by atoms with Gasteiger partial charge in [-0.3, -0.25) is 9.69 Å². The van der Waals surface area contributed by atoms with Crippen LogP contribution in [0.5, 0.6) is 0 Å². The number of benzene rings is 1. The molecule has 4 heteroatoms. The van der Waals surface area contributed by atoms with Crippen molar-refractivity contribution in [1.82, 2.24) is 4.90 Å². The van der Waals surface area contributed by atoms with E-state index in [0.717, 1.165) is 36.1 Å². The predicted molar refractivity (Wildman–Crippen MR) is 79.8 cm³/mol. The third-order valence-corrected chi connectivity index (χ3v) is 4.41. The molecule has 0 spiro atoms. The van der Waals surface area contributed by atoms with Gasteiger partial charge in [-0.25, -0.2) is 0 Å². The molecule has 1 aromatic carbocycles. The van der Waals surface area contributed by atoms with Crippen LogP contribution in [-0.2, 0) is 4.79 Å². The van der Waals surface area contributed by atoms with Gasteiger partial charge in [0.2, 0.25) is 5.91 Å². The fourth-order valence-electron chi connectivity index (χ4n) is 2.73. The van der Waals surface area contributed by atoms with Gasteiger partial charge in [-0.15, -0.1) is 0 Å². The number of amides is 1. The maximum Gasteiger partial charge on any atom is 0.244 e. The number of aryl methyl sites for hydroxylation is 2. The van der Waals surface area contributed by atoms with Gasteiger partial charge in [0.15, 0.2) is 0 Å². The van der Waals surface area contributed by atoms with Gasteiger partial charge < -0.3 is 5.32 Å². The summed E-state index contributed by atoms with van der Waals surface area (Å²) in [5.41, 5.74) is 2.57. The number of nitrogens with one attached hydrogen (secondary N) is 1. The Labute approximate surface area is 119 Å². The van der Waals surface area contributed by atoms with Crippen molar-refractivity contribution in [3.05, 3.63) is 28.3 Å². The maximum absolute atomic E-state index is 12.6. The summed E-state index contributed by atoms with van der Waals surface area (Å²) in [6, 6.07) is 3.76. The van der Waals surface area contributed by atoms with Crippen molar-refractivity contribution in [1.29, 1.82) is 0 Å². The van der Waals surface area contributed by atoms with Crippen molar-refractivity contribution in [2.75, 3.05) is 19.4 Å². The van der Waals surface area contributed by atoms with Crippen molar-refractivity contribution in [3.8, 4) is 0 Å². The Kier molecular flexibility index (Phi) is 3.88. The Morgan fingerprint density at radius 3 is 2.16 bits per heavy atom. The standard InChI is InChI=1S/C15H21ClN2O/c1-10-8-12(16)9-11(2)13(10)17-14(19)15(18(3)4)6-5-7-15/h8-9H,5-7H2,1-4H3,(H,17,19). The van der Waals surface area contributed by atoms with E-state index >= 15 is 0 Å². The molecule has 0 saturated heterocycles. The monoisotopic (exact) mass is 280 g/mol. The minimum atomic E-state index is -0.335. The SMILES string of the molecule is Cc1cc(Cl)cc(C)c1NC(=O)C1(N(C)C)CCC1. The first-order valence-electron chi connectivity index (χ1n) is 6.62. The summed E-state index contributed by atoms with van der Waals surface area (Å²) in [6.07, 6.45) is 2.97. The van der Waals surface area contributed by atoms with E-state index in [1.807, 2.05) is 45.0 Å². The highest BCUT2D eigenvalue weighted by molar-refractivity contribution is 6.30. The van der Waals surface area contributed by atoms with Crippen LogP contribution >= 0.6 is 11.6 Å². The number of likely N-dealkylation sites (N-methyl/N-ethyl adjacent to an activating group) is 1. The Morgan fingerprint density at radius 1 is 1.26 bits per heavy atom. The van der Waals surface area contributed by atoms with E-state index in [1.54, 1.807) is 0 Å². The summed E-state index contributed by atoms with van der Waals surface area (Å²) in [4.78, 5) is 14.6. The van der Waals surface area contributed by atoms with Gasteiger partial charge in [-0.2, -0.15) is 0 Å². The van der Waals surface area contributed by atoms with Gasteiger partial charge >= 0.3 is 0 Å². The molecule has 1 aliphatic rings. The number of carbonyl (C=O) groups excluding carboxylic acids is 1. The van der Waals surface area contributed by atoms with Crippen LogP contribution in [0.25, 0.3) is 0 Å². The summed E-state index contributed by atoms with van der Waals surface area (Å²) in [6.45, 7) is 3.94. The molecule has 1 aliphatic carbocycles. The minimum Gasteiger partial charge on any atom is -0.324 e. The zero-order valence-electron chi connectivity index (χ0n) is 12.0. The quantitative estimate of drug-likeness (QED) is 0.921. The van der Waals surface area contributed by atoms with Crippen LogP contribution in [0.15, 0.2) is 12.1 Å². The van der Waals surface area contributed by atoms with Crippen molar-refractivity contribution >= 4 is 23.2 Å². The molecule has 0 aromatic heterocycles. The second kappa shape index (κ2) is 5.14. The van der Waals surface area contributed by atoms with Gasteiger partial charge in [0.25, 0.3) is 0 Å². The van der Waals surface area contributed by atoms with E-state index in [1.165, 1.54) is 0 Å². The van der Waals surface area contributed by atoms with Gasteiger partial charge in [0.05, 0.1) is 0 Å². The fraction of sp³-hybridized carbons (Fsp3) is 0.533. The molecular formula is C15H21ClN2O. The molecule has 0 atom stereocenters. The molecule has 104 valence electrons. The lowest BCUT2D eigenvalue weighted by molar-refractivity contribution is -0.131. The predicted octanol–water partition coefficient (Wildman–Crippen LogP) is 3.38. The molecule has 2 rings (SSSR count). The number of nitrogens with zero attached hydrogens (tertiary/aromatic N) is 1. The van der Waals surface area contributed by atoms with Gasteiger partial charge in [-0.1, -0.05) is 11.6 Å². The largest absolute Gasteiger partial charge is 0.324 e. The molecular weight excluding hydrogens is 260 g/mol. The zero-order valence-corrected chi connectivity index (χ0v) is 12.8. The van der Waals surface area contributed by atoms with E-state index < -0.39 is 0 Å². The van der Waals surface area contributed by atoms with Crippen molar-refractivity contribution < 1.29 is 4.79 Å². The van der Waals surface area contributed by atoms with Crippen molar-refractivity contribution in [2.24, 2.45) is 0 Å². The maximum atomic E-state index is 12.6. The van der Waals surface area contributed by atoms with Gasteiger partial charge in [-0.05, 0) is 70.5 Å². The normalized spacial score (nSPS) is 17.2. The summed E-state index contributed by atoms with van der Waals surface area (Å²) in [5, 5.41) is 3.80. The fourth-order valence-corrected chi connectivity index (χ4v) is 3.05. The first-order chi connectivity index (χ1) is 8.86. The lowest BCUT2D eigenvalue weighted by atomic mass is 9.75. The first-order valence-corrected chi connectivity index (χ1v) is 7.00. The second-order valence-electron chi connectivity index (χ2n) is 5.65.